The van der Waals surface area contributed by atoms with E-state index in [-0.39, 0.29) is 13.2 Å². The maximum Gasteiger partial charge on any atom is 0.338 e. The SMILES string of the molecule is O=C(CN1C(=O)NC(c2ccc(Cl)cc2)C2=C1COC2=O)Nc1cccc(Br)c1. The van der Waals surface area contributed by atoms with Crippen LogP contribution in [0.3, 0.4) is 0 Å². The fourth-order valence-corrected chi connectivity index (χ4v) is 3.82. The molecule has 29 heavy (non-hydrogen) atoms. The molecular weight excluding hydrogens is 462 g/mol. The quantitative estimate of drug-likeness (QED) is 0.660. The molecule has 4 rings (SSSR count). The Morgan fingerprint density at radius 2 is 2.00 bits per heavy atom. The first-order valence-corrected chi connectivity index (χ1v) is 9.88. The highest BCUT2D eigenvalue weighted by atomic mass is 79.9. The Hall–Kier alpha value is -2.84. The number of urea groups is 1. The lowest BCUT2D eigenvalue weighted by atomic mass is 9.96. The van der Waals surface area contributed by atoms with Crippen LogP contribution in [-0.4, -0.2) is 36.0 Å². The monoisotopic (exact) mass is 475 g/mol. The summed E-state index contributed by atoms with van der Waals surface area (Å²) in [5.74, 6) is -0.910. The van der Waals surface area contributed by atoms with Crippen LogP contribution in [0.2, 0.25) is 5.02 Å². The summed E-state index contributed by atoms with van der Waals surface area (Å²) in [4.78, 5) is 38.8. The maximum absolute atomic E-state index is 12.7. The molecule has 0 fully saturated rings. The third kappa shape index (κ3) is 3.99. The lowest BCUT2D eigenvalue weighted by molar-refractivity contribution is -0.136. The Bertz CT molecular complexity index is 1040. The van der Waals surface area contributed by atoms with E-state index in [4.69, 9.17) is 16.3 Å². The second kappa shape index (κ2) is 7.88. The van der Waals surface area contributed by atoms with Crippen molar-refractivity contribution < 1.29 is 19.1 Å². The molecule has 2 heterocycles. The second-order valence-corrected chi connectivity index (χ2v) is 7.87. The van der Waals surface area contributed by atoms with Gasteiger partial charge in [-0.1, -0.05) is 45.7 Å². The molecule has 0 saturated heterocycles. The van der Waals surface area contributed by atoms with E-state index in [0.29, 0.717) is 27.5 Å². The topological polar surface area (TPSA) is 87.7 Å². The summed E-state index contributed by atoms with van der Waals surface area (Å²) in [5.41, 5.74) is 2.01. The second-order valence-electron chi connectivity index (χ2n) is 6.52. The average Bonchev–Trinajstić information content (AvgIpc) is 3.06. The molecule has 0 aromatic heterocycles. The van der Waals surface area contributed by atoms with Crippen molar-refractivity contribution in [1.82, 2.24) is 10.2 Å². The van der Waals surface area contributed by atoms with Crippen LogP contribution in [0.4, 0.5) is 10.5 Å². The van der Waals surface area contributed by atoms with Crippen LogP contribution in [0.25, 0.3) is 0 Å². The molecule has 2 aromatic carbocycles. The van der Waals surface area contributed by atoms with E-state index in [1.54, 1.807) is 42.5 Å². The van der Waals surface area contributed by atoms with Gasteiger partial charge in [0, 0.05) is 15.2 Å². The number of carbonyl (C=O) groups excluding carboxylic acids is 3. The van der Waals surface area contributed by atoms with Crippen LogP contribution in [0.1, 0.15) is 11.6 Å². The first kappa shape index (κ1) is 19.5. The lowest BCUT2D eigenvalue weighted by Gasteiger charge is -2.32. The first-order chi connectivity index (χ1) is 13.9. The largest absolute Gasteiger partial charge is 0.456 e. The van der Waals surface area contributed by atoms with Gasteiger partial charge < -0.3 is 15.4 Å². The smallest absolute Gasteiger partial charge is 0.338 e. The number of cyclic esters (lactones) is 1. The van der Waals surface area contributed by atoms with Crippen molar-refractivity contribution >= 4 is 51.1 Å². The highest BCUT2D eigenvalue weighted by molar-refractivity contribution is 9.10. The number of halogens is 2. The van der Waals surface area contributed by atoms with Gasteiger partial charge in [-0.25, -0.2) is 9.59 Å². The highest BCUT2D eigenvalue weighted by Crippen LogP contribution is 2.35. The standard InChI is InChI=1S/C20H15BrClN3O4/c21-12-2-1-3-14(8-12)23-16(26)9-25-15-10-29-19(27)17(15)18(24-20(25)28)11-4-6-13(22)7-5-11/h1-8,18H,9-10H2,(H,23,26)(H,24,28). The van der Waals surface area contributed by atoms with E-state index >= 15 is 0 Å². The summed E-state index contributed by atoms with van der Waals surface area (Å²) in [6.07, 6.45) is 0. The number of nitrogens with zero attached hydrogens (tertiary/aromatic N) is 1. The zero-order chi connectivity index (χ0) is 20.5. The summed E-state index contributed by atoms with van der Waals surface area (Å²) in [6.45, 7) is -0.309. The van der Waals surface area contributed by atoms with Gasteiger partial charge in [-0.05, 0) is 35.9 Å². The van der Waals surface area contributed by atoms with Crippen molar-refractivity contribution in [3.63, 3.8) is 0 Å². The molecule has 0 radical (unpaired) electrons. The molecule has 0 aliphatic carbocycles. The predicted molar refractivity (Wildman–Crippen MR) is 110 cm³/mol. The Balaban J connectivity index is 1.59. The van der Waals surface area contributed by atoms with Gasteiger partial charge in [0.05, 0.1) is 17.3 Å². The minimum atomic E-state index is -0.658. The lowest BCUT2D eigenvalue weighted by Crippen LogP contribution is -2.49. The predicted octanol–water partition coefficient (Wildman–Crippen LogP) is 3.62. The van der Waals surface area contributed by atoms with Crippen molar-refractivity contribution in [1.29, 1.82) is 0 Å². The Labute approximate surface area is 179 Å². The summed E-state index contributed by atoms with van der Waals surface area (Å²) in [7, 11) is 0. The van der Waals surface area contributed by atoms with E-state index in [1.807, 2.05) is 6.07 Å². The number of amides is 3. The van der Waals surface area contributed by atoms with Gasteiger partial charge in [0.15, 0.2) is 0 Å². The van der Waals surface area contributed by atoms with Crippen LogP contribution in [-0.2, 0) is 14.3 Å². The summed E-state index contributed by atoms with van der Waals surface area (Å²) >= 11 is 9.27. The molecule has 2 aromatic rings. The van der Waals surface area contributed by atoms with Crippen molar-refractivity contribution in [3.8, 4) is 0 Å². The van der Waals surface area contributed by atoms with E-state index < -0.39 is 23.9 Å². The van der Waals surface area contributed by atoms with Crippen LogP contribution in [0.15, 0.2) is 64.3 Å². The van der Waals surface area contributed by atoms with Crippen LogP contribution >= 0.6 is 27.5 Å². The van der Waals surface area contributed by atoms with Gasteiger partial charge in [-0.15, -0.1) is 0 Å². The van der Waals surface area contributed by atoms with Gasteiger partial charge >= 0.3 is 12.0 Å². The third-order valence-electron chi connectivity index (χ3n) is 4.61. The molecule has 3 amide bonds. The molecule has 2 N–H and O–H groups in total. The molecule has 0 spiro atoms. The first-order valence-electron chi connectivity index (χ1n) is 8.71. The molecule has 148 valence electrons. The van der Waals surface area contributed by atoms with E-state index in [0.717, 1.165) is 4.47 Å². The zero-order valence-corrected chi connectivity index (χ0v) is 17.3. The van der Waals surface area contributed by atoms with Gasteiger partial charge in [0.2, 0.25) is 5.91 Å². The molecule has 9 heteroatoms. The number of nitrogens with one attached hydrogen (secondary N) is 2. The van der Waals surface area contributed by atoms with E-state index in [2.05, 4.69) is 26.6 Å². The minimum absolute atomic E-state index is 0.0597. The number of rotatable bonds is 4. The fourth-order valence-electron chi connectivity index (χ4n) is 3.29. The molecule has 1 unspecified atom stereocenters. The highest BCUT2D eigenvalue weighted by Gasteiger charge is 2.42. The molecule has 0 bridgehead atoms. The number of esters is 1. The molecule has 1 atom stereocenters. The summed E-state index contributed by atoms with van der Waals surface area (Å²) in [6, 6.07) is 12.8. The Kier molecular flexibility index (Phi) is 5.29. The van der Waals surface area contributed by atoms with Crippen LogP contribution in [0.5, 0.6) is 0 Å². The number of hydrogen-bond acceptors (Lipinski definition) is 4. The third-order valence-corrected chi connectivity index (χ3v) is 5.36. The Morgan fingerprint density at radius 1 is 1.24 bits per heavy atom. The van der Waals surface area contributed by atoms with Crippen molar-refractivity contribution in [2.24, 2.45) is 0 Å². The molecule has 7 nitrogen and oxygen atoms in total. The van der Waals surface area contributed by atoms with Gasteiger partial charge in [-0.2, -0.15) is 0 Å². The van der Waals surface area contributed by atoms with E-state index in [1.165, 1.54) is 4.90 Å². The van der Waals surface area contributed by atoms with Gasteiger partial charge in [0.25, 0.3) is 0 Å². The fraction of sp³-hybridized carbons (Fsp3) is 0.150. The van der Waals surface area contributed by atoms with Crippen LogP contribution < -0.4 is 10.6 Å². The summed E-state index contributed by atoms with van der Waals surface area (Å²) < 4.78 is 5.97. The van der Waals surface area contributed by atoms with Gasteiger partial charge in [0.1, 0.15) is 13.2 Å². The number of hydrogen-bond donors (Lipinski definition) is 2. The number of ether oxygens (including phenoxy) is 1. The normalized spacial score (nSPS) is 18.3. The Morgan fingerprint density at radius 3 is 2.72 bits per heavy atom. The molecule has 2 aliphatic rings. The van der Waals surface area contributed by atoms with Crippen molar-refractivity contribution in [2.75, 3.05) is 18.5 Å². The molecule has 2 aliphatic heterocycles. The maximum atomic E-state index is 12.7. The van der Waals surface area contributed by atoms with Gasteiger partial charge in [-0.3, -0.25) is 9.69 Å². The average molecular weight is 477 g/mol. The minimum Gasteiger partial charge on any atom is -0.456 e. The zero-order valence-electron chi connectivity index (χ0n) is 14.9. The van der Waals surface area contributed by atoms with E-state index in [9.17, 15) is 14.4 Å². The number of benzene rings is 2. The van der Waals surface area contributed by atoms with Crippen molar-refractivity contribution in [2.45, 2.75) is 6.04 Å². The van der Waals surface area contributed by atoms with Crippen LogP contribution in [0, 0.1) is 0 Å². The molecular formula is C20H15BrClN3O4. The molecule has 0 saturated carbocycles. The summed E-state index contributed by atoms with van der Waals surface area (Å²) in [5, 5.41) is 6.06. The number of anilines is 1. The number of carbonyl (C=O) groups is 3. The van der Waals surface area contributed by atoms with Crippen molar-refractivity contribution in [3.05, 3.63) is 74.9 Å².